The Hall–Kier alpha value is -1.58. The van der Waals surface area contributed by atoms with Gasteiger partial charge in [0.15, 0.2) is 0 Å². The molecule has 0 radical (unpaired) electrons. The Morgan fingerprint density at radius 2 is 2.09 bits per heavy atom. The number of hydrogen-bond acceptors (Lipinski definition) is 2. The number of nitrogens with one attached hydrogen (secondary N) is 1. The number of anilines is 1. The number of carbonyl (C=O) groups is 1. The van der Waals surface area contributed by atoms with Crippen LogP contribution < -0.4 is 10.2 Å². The van der Waals surface area contributed by atoms with E-state index in [2.05, 4.69) is 12.2 Å². The Morgan fingerprint density at radius 3 is 2.64 bits per heavy atom. The van der Waals surface area contributed by atoms with Crippen LogP contribution in [0.5, 0.6) is 0 Å². The standard InChI is InChI=1S/C18H25FN2O/c1-11(15-9-12-4-5-13(15)8-12)20-18(22)14-6-7-17(21(2)3)16(19)10-14/h6-7,10-13,15H,4-5,8-9H2,1-3H3,(H,20,22)/t11-,12-,13-,15+/m0/s1. The minimum Gasteiger partial charge on any atom is -0.375 e. The first-order chi connectivity index (χ1) is 10.5. The molecule has 1 amide bonds. The molecular weight excluding hydrogens is 279 g/mol. The molecule has 0 spiro atoms. The van der Waals surface area contributed by atoms with Crippen LogP contribution in [0, 0.1) is 23.6 Å². The highest BCUT2D eigenvalue weighted by Gasteiger charge is 2.42. The first kappa shape index (κ1) is 15.3. The van der Waals surface area contributed by atoms with Gasteiger partial charge in [-0.3, -0.25) is 4.79 Å². The van der Waals surface area contributed by atoms with E-state index in [1.54, 1.807) is 31.1 Å². The highest BCUT2D eigenvalue weighted by atomic mass is 19.1. The normalized spacial score (nSPS) is 27.7. The van der Waals surface area contributed by atoms with E-state index in [0.717, 1.165) is 11.8 Å². The Kier molecular flexibility index (Phi) is 4.11. The van der Waals surface area contributed by atoms with Crippen molar-refractivity contribution in [3.05, 3.63) is 29.6 Å². The molecule has 1 aromatic rings. The van der Waals surface area contributed by atoms with Gasteiger partial charge in [0, 0.05) is 25.7 Å². The zero-order valence-corrected chi connectivity index (χ0v) is 13.6. The zero-order valence-electron chi connectivity index (χ0n) is 13.6. The molecule has 0 heterocycles. The van der Waals surface area contributed by atoms with Gasteiger partial charge in [-0.05, 0) is 62.1 Å². The molecule has 4 atom stereocenters. The maximum Gasteiger partial charge on any atom is 0.251 e. The van der Waals surface area contributed by atoms with Crippen molar-refractivity contribution in [1.29, 1.82) is 0 Å². The topological polar surface area (TPSA) is 32.3 Å². The van der Waals surface area contributed by atoms with Crippen molar-refractivity contribution in [1.82, 2.24) is 5.32 Å². The summed E-state index contributed by atoms with van der Waals surface area (Å²) in [6.07, 6.45) is 5.23. The molecular formula is C18H25FN2O. The summed E-state index contributed by atoms with van der Waals surface area (Å²) >= 11 is 0. The Labute approximate surface area is 131 Å². The third kappa shape index (κ3) is 2.83. The molecule has 0 aliphatic heterocycles. The first-order valence-corrected chi connectivity index (χ1v) is 8.23. The Balaban J connectivity index is 1.65. The van der Waals surface area contributed by atoms with Crippen LogP contribution in [0.4, 0.5) is 10.1 Å². The molecule has 1 aromatic carbocycles. The lowest BCUT2D eigenvalue weighted by molar-refractivity contribution is 0.0915. The predicted molar refractivity (Wildman–Crippen MR) is 86.6 cm³/mol. The van der Waals surface area contributed by atoms with Crippen LogP contribution in [-0.4, -0.2) is 26.0 Å². The number of rotatable bonds is 4. The van der Waals surface area contributed by atoms with Gasteiger partial charge in [0.05, 0.1) is 5.69 Å². The summed E-state index contributed by atoms with van der Waals surface area (Å²) in [5.41, 5.74) is 0.899. The summed E-state index contributed by atoms with van der Waals surface area (Å²) in [6, 6.07) is 4.85. The van der Waals surface area contributed by atoms with E-state index < -0.39 is 0 Å². The summed E-state index contributed by atoms with van der Waals surface area (Å²) in [5.74, 6) is 1.71. The van der Waals surface area contributed by atoms with Gasteiger partial charge in [0.2, 0.25) is 0 Å². The van der Waals surface area contributed by atoms with E-state index in [0.29, 0.717) is 17.2 Å². The summed E-state index contributed by atoms with van der Waals surface area (Å²) in [6.45, 7) is 2.09. The molecule has 22 heavy (non-hydrogen) atoms. The number of amides is 1. The van der Waals surface area contributed by atoms with Gasteiger partial charge in [-0.25, -0.2) is 4.39 Å². The maximum absolute atomic E-state index is 14.0. The van der Waals surface area contributed by atoms with Gasteiger partial charge in [0.1, 0.15) is 5.82 Å². The van der Waals surface area contributed by atoms with Gasteiger partial charge in [-0.1, -0.05) is 6.42 Å². The van der Waals surface area contributed by atoms with Crippen molar-refractivity contribution in [2.24, 2.45) is 17.8 Å². The molecule has 1 N–H and O–H groups in total. The van der Waals surface area contributed by atoms with Crippen LogP contribution in [0.15, 0.2) is 18.2 Å². The fraction of sp³-hybridized carbons (Fsp3) is 0.611. The second-order valence-corrected chi connectivity index (χ2v) is 7.16. The van der Waals surface area contributed by atoms with Gasteiger partial charge in [-0.15, -0.1) is 0 Å². The molecule has 120 valence electrons. The van der Waals surface area contributed by atoms with E-state index >= 15 is 0 Å². The van der Waals surface area contributed by atoms with E-state index in [1.807, 2.05) is 0 Å². The fourth-order valence-electron chi connectivity index (χ4n) is 4.31. The summed E-state index contributed by atoms with van der Waals surface area (Å²) in [7, 11) is 3.57. The lowest BCUT2D eigenvalue weighted by atomic mass is 9.84. The van der Waals surface area contributed by atoms with Crippen molar-refractivity contribution in [2.75, 3.05) is 19.0 Å². The second kappa shape index (κ2) is 5.90. The molecule has 4 heteroatoms. The Morgan fingerprint density at radius 1 is 1.32 bits per heavy atom. The zero-order chi connectivity index (χ0) is 15.9. The third-order valence-electron chi connectivity index (χ3n) is 5.49. The van der Waals surface area contributed by atoms with Gasteiger partial charge < -0.3 is 10.2 Å². The molecule has 0 unspecified atom stereocenters. The van der Waals surface area contributed by atoms with Gasteiger partial charge in [-0.2, -0.15) is 0 Å². The lowest BCUT2D eigenvalue weighted by Gasteiger charge is -2.28. The molecule has 2 fully saturated rings. The molecule has 2 aliphatic carbocycles. The van der Waals surface area contributed by atoms with E-state index in [-0.39, 0.29) is 17.8 Å². The minimum atomic E-state index is -0.356. The van der Waals surface area contributed by atoms with Crippen LogP contribution >= 0.6 is 0 Å². The van der Waals surface area contributed by atoms with E-state index in [4.69, 9.17) is 0 Å². The number of fused-ring (bicyclic) bond motifs is 2. The van der Waals surface area contributed by atoms with Crippen LogP contribution in [0.1, 0.15) is 43.0 Å². The van der Waals surface area contributed by atoms with Gasteiger partial charge >= 0.3 is 0 Å². The SMILES string of the molecule is C[C@H](NC(=O)c1ccc(N(C)C)c(F)c1)[C@H]1C[C@H]2CC[C@H]1C2. The van der Waals surface area contributed by atoms with Crippen molar-refractivity contribution < 1.29 is 9.18 Å². The van der Waals surface area contributed by atoms with Crippen LogP contribution in [-0.2, 0) is 0 Å². The van der Waals surface area contributed by atoms with E-state index in [9.17, 15) is 9.18 Å². The largest absolute Gasteiger partial charge is 0.375 e. The molecule has 0 aromatic heterocycles. The number of carbonyl (C=O) groups excluding carboxylic acids is 1. The summed E-state index contributed by atoms with van der Waals surface area (Å²) in [5, 5.41) is 3.08. The number of nitrogens with zero attached hydrogens (tertiary/aromatic N) is 1. The van der Waals surface area contributed by atoms with Crippen molar-refractivity contribution in [3.63, 3.8) is 0 Å². The quantitative estimate of drug-likeness (QED) is 0.924. The highest BCUT2D eigenvalue weighted by Crippen LogP contribution is 2.49. The second-order valence-electron chi connectivity index (χ2n) is 7.16. The molecule has 3 nitrogen and oxygen atoms in total. The average molecular weight is 304 g/mol. The van der Waals surface area contributed by atoms with Crippen molar-refractivity contribution in [3.8, 4) is 0 Å². The Bertz CT molecular complexity index is 572. The average Bonchev–Trinajstić information content (AvgIpc) is 3.09. The summed E-state index contributed by atoms with van der Waals surface area (Å²) < 4.78 is 14.0. The number of benzene rings is 1. The molecule has 2 bridgehead atoms. The molecule has 2 aliphatic rings. The monoisotopic (exact) mass is 304 g/mol. The minimum absolute atomic E-state index is 0.166. The van der Waals surface area contributed by atoms with Crippen LogP contribution in [0.3, 0.4) is 0 Å². The smallest absolute Gasteiger partial charge is 0.251 e. The van der Waals surface area contributed by atoms with E-state index in [1.165, 1.54) is 31.7 Å². The van der Waals surface area contributed by atoms with Crippen LogP contribution in [0.25, 0.3) is 0 Å². The van der Waals surface area contributed by atoms with Crippen molar-refractivity contribution in [2.45, 2.75) is 38.6 Å². The molecule has 0 saturated heterocycles. The maximum atomic E-state index is 14.0. The lowest BCUT2D eigenvalue weighted by Crippen LogP contribution is -2.40. The molecule has 2 saturated carbocycles. The number of hydrogen-bond donors (Lipinski definition) is 1. The van der Waals surface area contributed by atoms with Crippen LogP contribution in [0.2, 0.25) is 0 Å². The highest BCUT2D eigenvalue weighted by molar-refractivity contribution is 5.94. The summed E-state index contributed by atoms with van der Waals surface area (Å²) in [4.78, 5) is 14.1. The third-order valence-corrected chi connectivity index (χ3v) is 5.49. The van der Waals surface area contributed by atoms with Crippen molar-refractivity contribution >= 4 is 11.6 Å². The fourth-order valence-corrected chi connectivity index (χ4v) is 4.31. The van der Waals surface area contributed by atoms with Gasteiger partial charge in [0.25, 0.3) is 5.91 Å². The number of halogens is 1. The predicted octanol–water partition coefficient (Wildman–Crippen LogP) is 3.45. The first-order valence-electron chi connectivity index (χ1n) is 8.23. The molecule has 3 rings (SSSR count).